The Hall–Kier alpha value is -0.860. The highest BCUT2D eigenvalue weighted by atomic mass is 16.5. The highest BCUT2D eigenvalue weighted by Crippen LogP contribution is 2.11. The van der Waals surface area contributed by atoms with Crippen molar-refractivity contribution < 1.29 is 4.74 Å². The Bertz CT molecular complexity index is 312. The third-order valence-electron chi connectivity index (χ3n) is 3.63. The molecule has 0 saturated carbocycles. The standard InChI is InChI=1S/C17H29NO/c1-4-14-18-17(12-10-15(2)19-3)13-11-16-8-6-5-7-9-16/h5-9,15,17-18H,4,10-14H2,1-3H3. The first-order valence-electron chi connectivity index (χ1n) is 7.56. The van der Waals surface area contributed by atoms with Gasteiger partial charge in [-0.15, -0.1) is 0 Å². The Morgan fingerprint density at radius 3 is 2.47 bits per heavy atom. The highest BCUT2D eigenvalue weighted by molar-refractivity contribution is 5.14. The molecule has 0 amide bonds. The summed E-state index contributed by atoms with van der Waals surface area (Å²) >= 11 is 0. The molecule has 0 heterocycles. The molecule has 108 valence electrons. The van der Waals surface area contributed by atoms with Crippen LogP contribution in [0.4, 0.5) is 0 Å². The van der Waals surface area contributed by atoms with Crippen LogP contribution in [-0.4, -0.2) is 25.8 Å². The lowest BCUT2D eigenvalue weighted by molar-refractivity contribution is 0.105. The SMILES string of the molecule is CCCNC(CCc1ccccc1)CCC(C)OC. The molecule has 1 N–H and O–H groups in total. The largest absolute Gasteiger partial charge is 0.382 e. The number of aryl methyl sites for hydroxylation is 1. The van der Waals surface area contributed by atoms with Gasteiger partial charge in [0.25, 0.3) is 0 Å². The van der Waals surface area contributed by atoms with E-state index in [1.54, 1.807) is 7.11 Å². The van der Waals surface area contributed by atoms with Gasteiger partial charge in [0.2, 0.25) is 0 Å². The average Bonchev–Trinajstić information content (AvgIpc) is 2.47. The number of nitrogens with one attached hydrogen (secondary N) is 1. The first kappa shape index (κ1) is 16.2. The molecule has 1 aromatic rings. The Kier molecular flexibility index (Phi) is 8.52. The lowest BCUT2D eigenvalue weighted by atomic mass is 10.00. The molecular weight excluding hydrogens is 234 g/mol. The van der Waals surface area contributed by atoms with E-state index in [9.17, 15) is 0 Å². The zero-order chi connectivity index (χ0) is 13.9. The van der Waals surface area contributed by atoms with Gasteiger partial charge in [-0.25, -0.2) is 0 Å². The molecule has 0 aromatic heterocycles. The maximum absolute atomic E-state index is 5.34. The predicted octanol–water partition coefficient (Wildman–Crippen LogP) is 3.80. The van der Waals surface area contributed by atoms with E-state index in [1.165, 1.54) is 24.8 Å². The Balaban J connectivity index is 2.35. The van der Waals surface area contributed by atoms with Gasteiger partial charge in [0.1, 0.15) is 0 Å². The highest BCUT2D eigenvalue weighted by Gasteiger charge is 2.10. The normalized spacial score (nSPS) is 14.3. The van der Waals surface area contributed by atoms with Crippen LogP contribution in [0.1, 0.15) is 45.1 Å². The topological polar surface area (TPSA) is 21.3 Å². The molecule has 19 heavy (non-hydrogen) atoms. The van der Waals surface area contributed by atoms with Crippen LogP contribution in [0.5, 0.6) is 0 Å². The summed E-state index contributed by atoms with van der Waals surface area (Å²) < 4.78 is 5.34. The van der Waals surface area contributed by atoms with Gasteiger partial charge in [0.15, 0.2) is 0 Å². The van der Waals surface area contributed by atoms with Crippen molar-refractivity contribution in [1.29, 1.82) is 0 Å². The van der Waals surface area contributed by atoms with Gasteiger partial charge in [-0.2, -0.15) is 0 Å². The molecule has 0 radical (unpaired) electrons. The van der Waals surface area contributed by atoms with Crippen LogP contribution in [0, 0.1) is 0 Å². The predicted molar refractivity (Wildman–Crippen MR) is 82.5 cm³/mol. The first-order valence-corrected chi connectivity index (χ1v) is 7.56. The quantitative estimate of drug-likeness (QED) is 0.693. The monoisotopic (exact) mass is 263 g/mol. The van der Waals surface area contributed by atoms with Crippen molar-refractivity contribution in [1.82, 2.24) is 5.32 Å². The van der Waals surface area contributed by atoms with Crippen LogP contribution in [-0.2, 0) is 11.2 Å². The zero-order valence-corrected chi connectivity index (χ0v) is 12.7. The summed E-state index contributed by atoms with van der Waals surface area (Å²) in [7, 11) is 1.79. The number of methoxy groups -OCH3 is 1. The fourth-order valence-electron chi connectivity index (χ4n) is 2.24. The van der Waals surface area contributed by atoms with Crippen LogP contribution in [0.25, 0.3) is 0 Å². The summed E-state index contributed by atoms with van der Waals surface area (Å²) in [4.78, 5) is 0. The Morgan fingerprint density at radius 2 is 1.84 bits per heavy atom. The van der Waals surface area contributed by atoms with E-state index in [-0.39, 0.29) is 0 Å². The van der Waals surface area contributed by atoms with Gasteiger partial charge < -0.3 is 10.1 Å². The average molecular weight is 263 g/mol. The van der Waals surface area contributed by atoms with Crippen molar-refractivity contribution in [3.05, 3.63) is 35.9 Å². The lowest BCUT2D eigenvalue weighted by Crippen LogP contribution is -2.31. The van der Waals surface area contributed by atoms with Gasteiger partial charge >= 0.3 is 0 Å². The van der Waals surface area contributed by atoms with Gasteiger partial charge in [-0.05, 0) is 51.1 Å². The van der Waals surface area contributed by atoms with Crippen molar-refractivity contribution in [2.75, 3.05) is 13.7 Å². The lowest BCUT2D eigenvalue weighted by Gasteiger charge is -2.20. The van der Waals surface area contributed by atoms with Gasteiger partial charge in [-0.3, -0.25) is 0 Å². The summed E-state index contributed by atoms with van der Waals surface area (Å²) in [6.07, 6.45) is 6.25. The molecule has 0 aliphatic rings. The van der Waals surface area contributed by atoms with Gasteiger partial charge in [0, 0.05) is 13.2 Å². The smallest absolute Gasteiger partial charge is 0.0543 e. The third-order valence-corrected chi connectivity index (χ3v) is 3.63. The molecule has 0 bridgehead atoms. The van der Waals surface area contributed by atoms with Crippen LogP contribution in [0.3, 0.4) is 0 Å². The van der Waals surface area contributed by atoms with Crippen molar-refractivity contribution in [2.24, 2.45) is 0 Å². The molecule has 2 atom stereocenters. The maximum atomic E-state index is 5.34. The van der Waals surface area contributed by atoms with Crippen LogP contribution >= 0.6 is 0 Å². The number of ether oxygens (including phenoxy) is 1. The van der Waals surface area contributed by atoms with E-state index in [1.807, 2.05) is 0 Å². The second-order valence-corrected chi connectivity index (χ2v) is 5.30. The molecule has 2 unspecified atom stereocenters. The van der Waals surface area contributed by atoms with E-state index in [4.69, 9.17) is 4.74 Å². The number of benzene rings is 1. The molecule has 2 heteroatoms. The van der Waals surface area contributed by atoms with Gasteiger partial charge in [0.05, 0.1) is 6.10 Å². The summed E-state index contributed by atoms with van der Waals surface area (Å²) in [6.45, 7) is 5.48. The third kappa shape index (κ3) is 7.34. The Morgan fingerprint density at radius 1 is 1.11 bits per heavy atom. The number of hydrogen-bond acceptors (Lipinski definition) is 2. The molecule has 0 saturated heterocycles. The van der Waals surface area contributed by atoms with E-state index in [0.29, 0.717) is 12.1 Å². The summed E-state index contributed by atoms with van der Waals surface area (Å²) in [6, 6.07) is 11.4. The summed E-state index contributed by atoms with van der Waals surface area (Å²) in [5, 5.41) is 3.66. The minimum absolute atomic E-state index is 0.364. The van der Waals surface area contributed by atoms with Crippen molar-refractivity contribution in [2.45, 2.75) is 58.1 Å². The van der Waals surface area contributed by atoms with Crippen LogP contribution in [0.15, 0.2) is 30.3 Å². The molecule has 1 aromatic carbocycles. The molecule has 0 spiro atoms. The van der Waals surface area contributed by atoms with Crippen molar-refractivity contribution >= 4 is 0 Å². The van der Waals surface area contributed by atoms with Crippen molar-refractivity contribution in [3.8, 4) is 0 Å². The molecule has 0 fully saturated rings. The summed E-state index contributed by atoms with van der Waals surface area (Å²) in [5.74, 6) is 0. The Labute approximate surface area is 118 Å². The van der Waals surface area contributed by atoms with Crippen LogP contribution < -0.4 is 5.32 Å². The minimum Gasteiger partial charge on any atom is -0.382 e. The first-order chi connectivity index (χ1) is 9.26. The minimum atomic E-state index is 0.364. The molecule has 1 rings (SSSR count). The molecule has 0 aliphatic heterocycles. The molecule has 2 nitrogen and oxygen atoms in total. The van der Waals surface area contributed by atoms with Crippen molar-refractivity contribution in [3.63, 3.8) is 0 Å². The summed E-state index contributed by atoms with van der Waals surface area (Å²) in [5.41, 5.74) is 1.44. The van der Waals surface area contributed by atoms with E-state index >= 15 is 0 Å². The van der Waals surface area contributed by atoms with E-state index in [2.05, 4.69) is 49.5 Å². The fraction of sp³-hybridized carbons (Fsp3) is 0.647. The number of hydrogen-bond donors (Lipinski definition) is 1. The second-order valence-electron chi connectivity index (χ2n) is 5.30. The fourth-order valence-corrected chi connectivity index (χ4v) is 2.24. The molecular formula is C17H29NO. The maximum Gasteiger partial charge on any atom is 0.0543 e. The second kappa shape index (κ2) is 9.99. The van der Waals surface area contributed by atoms with Gasteiger partial charge in [-0.1, -0.05) is 37.3 Å². The molecule has 0 aliphatic carbocycles. The zero-order valence-electron chi connectivity index (χ0n) is 12.7. The van der Waals surface area contributed by atoms with E-state index < -0.39 is 0 Å². The van der Waals surface area contributed by atoms with Crippen LogP contribution in [0.2, 0.25) is 0 Å². The number of rotatable bonds is 10. The van der Waals surface area contributed by atoms with E-state index in [0.717, 1.165) is 19.4 Å².